The Bertz CT molecular complexity index is 352. The van der Waals surface area contributed by atoms with E-state index in [-0.39, 0.29) is 6.10 Å². The molecule has 0 bridgehead atoms. The zero-order chi connectivity index (χ0) is 12.1. The maximum Gasteiger partial charge on any atom is 0.0631 e. The van der Waals surface area contributed by atoms with Crippen molar-refractivity contribution in [1.29, 1.82) is 0 Å². The minimum atomic E-state index is -0.187. The molecule has 3 heteroatoms. The fraction of sp³-hybridized carbons (Fsp3) is 0.571. The van der Waals surface area contributed by atoms with Crippen molar-refractivity contribution < 1.29 is 5.11 Å². The number of aliphatic hydroxyl groups is 1. The molecule has 1 aliphatic rings. The summed E-state index contributed by atoms with van der Waals surface area (Å²) in [6.45, 7) is 2.98. The molecule has 2 rings (SSSR count). The van der Waals surface area contributed by atoms with Crippen molar-refractivity contribution in [2.75, 3.05) is 5.75 Å². The van der Waals surface area contributed by atoms with Crippen molar-refractivity contribution in [2.45, 2.75) is 49.8 Å². The molecule has 0 radical (unpaired) electrons. The van der Waals surface area contributed by atoms with E-state index in [4.69, 9.17) is 0 Å². The molecule has 0 spiro atoms. The summed E-state index contributed by atoms with van der Waals surface area (Å²) < 4.78 is 0. The largest absolute Gasteiger partial charge is 0.392 e. The number of nitrogens with one attached hydrogen (secondary N) is 1. The lowest BCUT2D eigenvalue weighted by Gasteiger charge is -2.09. The van der Waals surface area contributed by atoms with Crippen molar-refractivity contribution in [3.8, 4) is 0 Å². The monoisotopic (exact) mass is 251 g/mol. The molecule has 94 valence electrons. The molecule has 0 heterocycles. The first-order valence-corrected chi connectivity index (χ1v) is 7.39. The molecule has 2 N–H and O–H groups in total. The molecule has 1 unspecified atom stereocenters. The Balaban J connectivity index is 1.82. The van der Waals surface area contributed by atoms with Gasteiger partial charge in [-0.3, -0.25) is 0 Å². The van der Waals surface area contributed by atoms with Crippen LogP contribution in [-0.4, -0.2) is 23.0 Å². The molecular weight excluding hydrogens is 230 g/mol. The Morgan fingerprint density at radius 1 is 1.47 bits per heavy atom. The van der Waals surface area contributed by atoms with Crippen molar-refractivity contribution in [3.63, 3.8) is 0 Å². The maximum absolute atomic E-state index is 9.54. The summed E-state index contributed by atoms with van der Waals surface area (Å²) >= 11 is 1.74. The highest BCUT2D eigenvalue weighted by Gasteiger charge is 2.19. The number of thioether (sulfide) groups is 1. The van der Waals surface area contributed by atoms with E-state index in [2.05, 4.69) is 29.6 Å². The third kappa shape index (κ3) is 4.70. The third-order valence-corrected chi connectivity index (χ3v) is 4.12. The van der Waals surface area contributed by atoms with Crippen LogP contribution in [0.4, 0.5) is 0 Å². The molecule has 1 saturated carbocycles. The second-order valence-electron chi connectivity index (χ2n) is 4.68. The van der Waals surface area contributed by atoms with Gasteiger partial charge in [0.2, 0.25) is 0 Å². The fourth-order valence-electron chi connectivity index (χ4n) is 1.61. The summed E-state index contributed by atoms with van der Waals surface area (Å²) in [4.78, 5) is 1.26. The first kappa shape index (κ1) is 12.9. The molecule has 0 saturated heterocycles. The average molecular weight is 251 g/mol. The van der Waals surface area contributed by atoms with Crippen molar-refractivity contribution in [3.05, 3.63) is 29.8 Å². The van der Waals surface area contributed by atoms with Gasteiger partial charge in [-0.2, -0.15) is 0 Å². The second kappa shape index (κ2) is 6.43. The average Bonchev–Trinajstić information content (AvgIpc) is 3.18. The lowest BCUT2D eigenvalue weighted by atomic mass is 10.2. The lowest BCUT2D eigenvalue weighted by molar-refractivity contribution is 0.195. The van der Waals surface area contributed by atoms with Gasteiger partial charge in [-0.1, -0.05) is 19.1 Å². The van der Waals surface area contributed by atoms with Gasteiger partial charge < -0.3 is 10.4 Å². The Morgan fingerprint density at radius 3 is 3.00 bits per heavy atom. The predicted octanol–water partition coefficient (Wildman–Crippen LogP) is 2.80. The molecule has 0 amide bonds. The van der Waals surface area contributed by atoms with Gasteiger partial charge in [0.15, 0.2) is 0 Å². The molecule has 1 fully saturated rings. The summed E-state index contributed by atoms with van der Waals surface area (Å²) in [5, 5.41) is 13.1. The fourth-order valence-corrected chi connectivity index (χ4v) is 2.64. The normalized spacial score (nSPS) is 17.1. The van der Waals surface area contributed by atoms with E-state index in [1.54, 1.807) is 11.8 Å². The van der Waals surface area contributed by atoms with Gasteiger partial charge in [0, 0.05) is 23.2 Å². The first-order chi connectivity index (χ1) is 8.28. The summed E-state index contributed by atoms with van der Waals surface area (Å²) in [5.74, 6) is 0.788. The Kier molecular flexibility index (Phi) is 4.89. The van der Waals surface area contributed by atoms with Crippen LogP contribution in [-0.2, 0) is 6.54 Å². The number of hydrogen-bond donors (Lipinski definition) is 2. The summed E-state index contributed by atoms with van der Waals surface area (Å²) in [5.41, 5.74) is 1.34. The van der Waals surface area contributed by atoms with Gasteiger partial charge in [-0.05, 0) is 37.0 Å². The topological polar surface area (TPSA) is 32.3 Å². The van der Waals surface area contributed by atoms with Crippen LogP contribution < -0.4 is 5.32 Å². The van der Waals surface area contributed by atoms with Gasteiger partial charge in [0.25, 0.3) is 0 Å². The standard InChI is InChI=1S/C14H21NOS/c1-2-13(16)10-17-14-5-3-4-11(8-14)9-15-12-6-7-12/h3-5,8,12-13,15-16H,2,6-7,9-10H2,1H3. The predicted molar refractivity (Wildman–Crippen MR) is 73.3 cm³/mol. The van der Waals surface area contributed by atoms with Crippen LogP contribution in [0, 0.1) is 0 Å². The van der Waals surface area contributed by atoms with Crippen LogP contribution >= 0.6 is 11.8 Å². The highest BCUT2D eigenvalue weighted by Crippen LogP contribution is 2.22. The molecule has 0 aliphatic heterocycles. The SMILES string of the molecule is CCC(O)CSc1cccc(CNC2CC2)c1. The van der Waals surface area contributed by atoms with Gasteiger partial charge in [-0.25, -0.2) is 0 Å². The van der Waals surface area contributed by atoms with E-state index in [1.807, 2.05) is 6.92 Å². The van der Waals surface area contributed by atoms with Crippen molar-refractivity contribution in [1.82, 2.24) is 5.32 Å². The Labute approximate surface area is 108 Å². The molecule has 0 aromatic heterocycles. The van der Waals surface area contributed by atoms with E-state index in [9.17, 15) is 5.11 Å². The van der Waals surface area contributed by atoms with Crippen LogP contribution in [0.2, 0.25) is 0 Å². The summed E-state index contributed by atoms with van der Waals surface area (Å²) in [6.07, 6.45) is 3.30. The van der Waals surface area contributed by atoms with Gasteiger partial charge in [0.1, 0.15) is 0 Å². The molecule has 2 nitrogen and oxygen atoms in total. The zero-order valence-corrected chi connectivity index (χ0v) is 11.2. The maximum atomic E-state index is 9.54. The smallest absolute Gasteiger partial charge is 0.0631 e. The number of benzene rings is 1. The molecule has 1 aromatic carbocycles. The highest BCUT2D eigenvalue weighted by molar-refractivity contribution is 7.99. The highest BCUT2D eigenvalue weighted by atomic mass is 32.2. The second-order valence-corrected chi connectivity index (χ2v) is 5.77. The first-order valence-electron chi connectivity index (χ1n) is 6.41. The van der Waals surface area contributed by atoms with Gasteiger partial charge in [-0.15, -0.1) is 11.8 Å². The third-order valence-electron chi connectivity index (χ3n) is 2.98. The van der Waals surface area contributed by atoms with Crippen LogP contribution in [0.1, 0.15) is 31.7 Å². The number of hydrogen-bond acceptors (Lipinski definition) is 3. The van der Waals surface area contributed by atoms with Crippen LogP contribution in [0.5, 0.6) is 0 Å². The minimum Gasteiger partial charge on any atom is -0.392 e. The molecule has 1 atom stereocenters. The molecule has 1 aliphatic carbocycles. The van der Waals surface area contributed by atoms with Gasteiger partial charge >= 0.3 is 0 Å². The lowest BCUT2D eigenvalue weighted by Crippen LogP contribution is -2.15. The summed E-state index contributed by atoms with van der Waals surface area (Å²) in [6, 6.07) is 9.37. The van der Waals surface area contributed by atoms with Crippen LogP contribution in [0.25, 0.3) is 0 Å². The van der Waals surface area contributed by atoms with Crippen LogP contribution in [0.3, 0.4) is 0 Å². The van der Waals surface area contributed by atoms with Crippen molar-refractivity contribution >= 4 is 11.8 Å². The molecular formula is C14H21NOS. The van der Waals surface area contributed by atoms with E-state index in [0.717, 1.165) is 24.8 Å². The van der Waals surface area contributed by atoms with E-state index < -0.39 is 0 Å². The minimum absolute atomic E-state index is 0.187. The van der Waals surface area contributed by atoms with Gasteiger partial charge in [0.05, 0.1) is 6.10 Å². The van der Waals surface area contributed by atoms with Crippen molar-refractivity contribution in [2.24, 2.45) is 0 Å². The molecule has 1 aromatic rings. The number of rotatable bonds is 7. The summed E-state index contributed by atoms with van der Waals surface area (Å²) in [7, 11) is 0. The quantitative estimate of drug-likeness (QED) is 0.731. The van der Waals surface area contributed by atoms with E-state index >= 15 is 0 Å². The Hall–Kier alpha value is -0.510. The number of aliphatic hydroxyl groups excluding tert-OH is 1. The van der Waals surface area contributed by atoms with Crippen LogP contribution in [0.15, 0.2) is 29.2 Å². The zero-order valence-electron chi connectivity index (χ0n) is 10.4. The van der Waals surface area contributed by atoms with E-state index in [1.165, 1.54) is 23.3 Å². The van der Waals surface area contributed by atoms with E-state index in [0.29, 0.717) is 0 Å². The Morgan fingerprint density at radius 2 is 2.29 bits per heavy atom. The molecule has 17 heavy (non-hydrogen) atoms.